The van der Waals surface area contributed by atoms with Crippen molar-refractivity contribution in [3.8, 4) is 0 Å². The highest BCUT2D eigenvalue weighted by Gasteiger charge is 2.14. The Hall–Kier alpha value is -1.32. The number of anilines is 1. The van der Waals surface area contributed by atoms with Gasteiger partial charge in [-0.1, -0.05) is 30.3 Å². The fraction of sp³-hybridized carbons (Fsp3) is 0. The van der Waals surface area contributed by atoms with Crippen LogP contribution in [0.25, 0.3) is 21.5 Å². The molecule has 0 radical (unpaired) electrons. The lowest BCUT2D eigenvalue weighted by atomic mass is 10.0. The lowest BCUT2D eigenvalue weighted by molar-refractivity contribution is 1.53. The van der Waals surface area contributed by atoms with Gasteiger partial charge in [0.1, 0.15) is 0 Å². The molecule has 1 aliphatic rings. The fourth-order valence-corrected chi connectivity index (χ4v) is 4.20. The molecule has 0 unspecified atom stereocenters. The summed E-state index contributed by atoms with van der Waals surface area (Å²) in [4.78, 5) is 1.33. The third-order valence-electron chi connectivity index (χ3n) is 3.12. The maximum atomic E-state index is 3.39. The van der Waals surface area contributed by atoms with Gasteiger partial charge in [0.05, 0.1) is 5.69 Å². The Morgan fingerprint density at radius 2 is 1.65 bits per heavy atom. The van der Waals surface area contributed by atoms with E-state index in [0.717, 1.165) is 0 Å². The number of nitrogens with one attached hydrogen (secondary N) is 1. The van der Waals surface area contributed by atoms with Crippen molar-refractivity contribution in [3.05, 3.63) is 48.5 Å². The second kappa shape index (κ2) is 3.59. The van der Waals surface area contributed by atoms with Gasteiger partial charge in [-0.25, -0.2) is 0 Å². The molecule has 0 bridgehead atoms. The summed E-state index contributed by atoms with van der Waals surface area (Å²) >= 11 is 0. The van der Waals surface area contributed by atoms with Crippen LogP contribution in [0.3, 0.4) is 0 Å². The lowest BCUT2D eigenvalue weighted by Crippen LogP contribution is -1.83. The predicted octanol–water partition coefficient (Wildman–Crippen LogP) is 5.07. The van der Waals surface area contributed by atoms with Crippen molar-refractivity contribution in [1.29, 1.82) is 0 Å². The van der Waals surface area contributed by atoms with E-state index < -0.39 is 0 Å². The van der Waals surface area contributed by atoms with E-state index in [1.165, 1.54) is 32.1 Å². The predicted molar refractivity (Wildman–Crippen MR) is 78.5 cm³/mol. The van der Waals surface area contributed by atoms with Gasteiger partial charge >= 0.3 is 0 Å². The Morgan fingerprint density at radius 3 is 2.53 bits per heavy atom. The zero-order valence-electron chi connectivity index (χ0n) is 8.94. The first kappa shape index (κ1) is 9.68. The minimum absolute atomic E-state index is 1.27. The Kier molecular flexibility index (Phi) is 2.04. The number of benzene rings is 3. The van der Waals surface area contributed by atoms with Crippen molar-refractivity contribution in [2.24, 2.45) is 0 Å². The summed E-state index contributed by atoms with van der Waals surface area (Å²) < 4.78 is 3.39. The van der Waals surface area contributed by atoms with Crippen LogP contribution in [-0.4, -0.2) is 0 Å². The van der Waals surface area contributed by atoms with Crippen molar-refractivity contribution < 1.29 is 0 Å². The van der Waals surface area contributed by atoms with Crippen molar-refractivity contribution in [3.63, 3.8) is 0 Å². The van der Waals surface area contributed by atoms with Crippen molar-refractivity contribution in [2.45, 2.75) is 4.90 Å². The van der Waals surface area contributed by atoms with Gasteiger partial charge in [0.2, 0.25) is 0 Å². The molecule has 82 valence electrons. The van der Waals surface area contributed by atoms with Gasteiger partial charge in [0, 0.05) is 21.3 Å². The molecule has 1 nitrogen and oxygen atoms in total. The lowest BCUT2D eigenvalue weighted by Gasteiger charge is -2.06. The highest BCUT2D eigenvalue weighted by atomic mass is 33.1. The van der Waals surface area contributed by atoms with E-state index in [1.807, 2.05) is 0 Å². The van der Waals surface area contributed by atoms with E-state index in [4.69, 9.17) is 0 Å². The summed E-state index contributed by atoms with van der Waals surface area (Å²) in [6, 6.07) is 17.5. The van der Waals surface area contributed by atoms with Crippen LogP contribution in [0.2, 0.25) is 0 Å². The smallest absolute Gasteiger partial charge is 0.0673 e. The summed E-state index contributed by atoms with van der Waals surface area (Å²) in [6.45, 7) is 0. The first-order chi connectivity index (χ1) is 8.42. The Bertz CT molecular complexity index is 737. The van der Waals surface area contributed by atoms with E-state index in [1.54, 1.807) is 21.8 Å². The average molecular weight is 255 g/mol. The molecule has 4 rings (SSSR count). The molecule has 0 saturated carbocycles. The number of rotatable bonds is 0. The standard InChI is InChI=1S/C14H9NS2/c1-2-4-10-8-12-11(7-9(10)3-1)5-6-13-14(12)15-17-16-13/h1-8,15H. The zero-order valence-corrected chi connectivity index (χ0v) is 10.6. The quantitative estimate of drug-likeness (QED) is 0.342. The summed E-state index contributed by atoms with van der Waals surface area (Å²) in [7, 11) is 3.48. The second-order valence-corrected chi connectivity index (χ2v) is 6.11. The van der Waals surface area contributed by atoms with E-state index in [-0.39, 0.29) is 0 Å². The molecule has 0 fully saturated rings. The number of fused-ring (bicyclic) bond motifs is 4. The molecule has 0 atom stereocenters. The molecular weight excluding hydrogens is 246 g/mol. The molecule has 1 heterocycles. The topological polar surface area (TPSA) is 12.0 Å². The van der Waals surface area contributed by atoms with Crippen LogP contribution in [0.5, 0.6) is 0 Å². The largest absolute Gasteiger partial charge is 0.319 e. The third kappa shape index (κ3) is 1.43. The fourth-order valence-electron chi connectivity index (χ4n) is 2.28. The molecule has 0 saturated heterocycles. The van der Waals surface area contributed by atoms with Crippen LogP contribution < -0.4 is 4.72 Å². The molecule has 1 aliphatic heterocycles. The SMILES string of the molecule is c1ccc2cc3c4c(ccc3cc2c1)SSN4. The monoisotopic (exact) mass is 255 g/mol. The maximum Gasteiger partial charge on any atom is 0.0673 e. The van der Waals surface area contributed by atoms with E-state index in [0.29, 0.717) is 0 Å². The zero-order chi connectivity index (χ0) is 11.2. The Morgan fingerprint density at radius 1 is 0.824 bits per heavy atom. The van der Waals surface area contributed by atoms with E-state index in [2.05, 4.69) is 53.3 Å². The van der Waals surface area contributed by atoms with Gasteiger partial charge < -0.3 is 4.72 Å². The molecule has 17 heavy (non-hydrogen) atoms. The van der Waals surface area contributed by atoms with Crippen molar-refractivity contribution in [1.82, 2.24) is 0 Å². The molecule has 3 aromatic carbocycles. The summed E-state index contributed by atoms with van der Waals surface area (Å²) in [5.74, 6) is 0. The van der Waals surface area contributed by atoms with Crippen molar-refractivity contribution >= 4 is 49.0 Å². The summed E-state index contributed by atoms with van der Waals surface area (Å²) in [5.41, 5.74) is 1.27. The molecule has 1 N–H and O–H groups in total. The molecule has 0 aliphatic carbocycles. The second-order valence-electron chi connectivity index (χ2n) is 4.13. The van der Waals surface area contributed by atoms with Gasteiger partial charge in [-0.3, -0.25) is 0 Å². The van der Waals surface area contributed by atoms with E-state index >= 15 is 0 Å². The molecule has 3 aromatic rings. The average Bonchev–Trinajstić information content (AvgIpc) is 2.85. The van der Waals surface area contributed by atoms with Crippen LogP contribution in [0.15, 0.2) is 53.4 Å². The van der Waals surface area contributed by atoms with Crippen LogP contribution >= 0.6 is 21.8 Å². The summed E-state index contributed by atoms with van der Waals surface area (Å²) in [5, 5.41) is 5.23. The van der Waals surface area contributed by atoms with Crippen molar-refractivity contribution in [2.75, 3.05) is 4.72 Å². The number of hydrogen-bond donors (Lipinski definition) is 1. The Labute approximate surface area is 107 Å². The van der Waals surface area contributed by atoms with Crippen LogP contribution in [0.1, 0.15) is 0 Å². The molecule has 0 aromatic heterocycles. The third-order valence-corrected chi connectivity index (χ3v) is 5.05. The van der Waals surface area contributed by atoms with Gasteiger partial charge in [0.25, 0.3) is 0 Å². The highest BCUT2D eigenvalue weighted by Crippen LogP contribution is 2.48. The van der Waals surface area contributed by atoms with Gasteiger partial charge in [-0.15, -0.1) is 0 Å². The molecule has 0 amide bonds. The first-order valence-corrected chi connectivity index (χ1v) is 7.62. The van der Waals surface area contributed by atoms with Gasteiger partial charge in [-0.2, -0.15) is 0 Å². The van der Waals surface area contributed by atoms with E-state index in [9.17, 15) is 0 Å². The van der Waals surface area contributed by atoms with Crippen LogP contribution in [0.4, 0.5) is 5.69 Å². The molecular formula is C14H9NS2. The summed E-state index contributed by atoms with van der Waals surface area (Å²) in [6.07, 6.45) is 0. The molecule has 3 heteroatoms. The van der Waals surface area contributed by atoms with Crippen LogP contribution in [-0.2, 0) is 0 Å². The Balaban J connectivity index is 2.17. The van der Waals surface area contributed by atoms with Gasteiger partial charge in [-0.05, 0) is 45.2 Å². The molecule has 0 spiro atoms. The van der Waals surface area contributed by atoms with Crippen LogP contribution in [0, 0.1) is 0 Å². The minimum atomic E-state index is 1.27. The first-order valence-electron chi connectivity index (χ1n) is 5.47. The normalized spacial score (nSPS) is 13.9. The number of hydrogen-bond acceptors (Lipinski definition) is 3. The maximum absolute atomic E-state index is 3.39. The van der Waals surface area contributed by atoms with Gasteiger partial charge in [0.15, 0.2) is 0 Å². The minimum Gasteiger partial charge on any atom is -0.319 e. The highest BCUT2D eigenvalue weighted by molar-refractivity contribution is 8.77.